The van der Waals surface area contributed by atoms with Gasteiger partial charge in [0.2, 0.25) is 0 Å². The first-order valence-electron chi connectivity index (χ1n) is 4.18. The monoisotopic (exact) mass is 160 g/mol. The SMILES string of the molecule is CC#CC[NH2+]Cc1ccccc1. The molecule has 12 heavy (non-hydrogen) atoms. The van der Waals surface area contributed by atoms with Crippen LogP contribution in [0.2, 0.25) is 0 Å². The van der Waals surface area contributed by atoms with Gasteiger partial charge in [0.05, 0.1) is 0 Å². The standard InChI is InChI=1S/C11H13N/c1-2-3-9-12-10-11-7-5-4-6-8-11/h4-8,12H,9-10H2,1H3/p+1. The minimum absolute atomic E-state index is 0.894. The van der Waals surface area contributed by atoms with Crippen molar-refractivity contribution in [3.05, 3.63) is 35.9 Å². The third-order valence-electron chi connectivity index (χ3n) is 1.65. The molecule has 0 spiro atoms. The second kappa shape index (κ2) is 5.40. The highest BCUT2D eigenvalue weighted by molar-refractivity contribution is 5.13. The maximum Gasteiger partial charge on any atom is 0.138 e. The zero-order valence-corrected chi connectivity index (χ0v) is 7.38. The van der Waals surface area contributed by atoms with Crippen LogP contribution in [-0.4, -0.2) is 6.54 Å². The summed E-state index contributed by atoms with van der Waals surface area (Å²) in [6, 6.07) is 10.4. The number of hydrogen-bond donors (Lipinski definition) is 1. The molecule has 1 aromatic carbocycles. The van der Waals surface area contributed by atoms with Crippen LogP contribution in [0.25, 0.3) is 0 Å². The molecule has 1 rings (SSSR count). The third-order valence-corrected chi connectivity index (χ3v) is 1.65. The van der Waals surface area contributed by atoms with E-state index in [4.69, 9.17) is 0 Å². The average molecular weight is 160 g/mol. The zero-order valence-electron chi connectivity index (χ0n) is 7.38. The van der Waals surface area contributed by atoms with E-state index in [1.807, 2.05) is 13.0 Å². The Hall–Kier alpha value is -1.26. The first kappa shape index (κ1) is 8.83. The summed E-state index contributed by atoms with van der Waals surface area (Å²) in [6.45, 7) is 3.79. The van der Waals surface area contributed by atoms with Crippen molar-refractivity contribution in [2.75, 3.05) is 6.54 Å². The van der Waals surface area contributed by atoms with Gasteiger partial charge in [0, 0.05) is 5.56 Å². The number of rotatable bonds is 3. The predicted octanol–water partition coefficient (Wildman–Crippen LogP) is 0.773. The lowest BCUT2D eigenvalue weighted by Crippen LogP contribution is -2.82. The third kappa shape index (κ3) is 3.23. The van der Waals surface area contributed by atoms with Crippen LogP contribution in [0.15, 0.2) is 30.3 Å². The molecule has 2 N–H and O–H groups in total. The molecular weight excluding hydrogens is 146 g/mol. The van der Waals surface area contributed by atoms with Crippen molar-refractivity contribution in [3.8, 4) is 11.8 Å². The smallest absolute Gasteiger partial charge is 0.138 e. The van der Waals surface area contributed by atoms with Gasteiger partial charge in [-0.2, -0.15) is 0 Å². The van der Waals surface area contributed by atoms with Crippen LogP contribution in [0, 0.1) is 11.8 Å². The molecule has 0 saturated heterocycles. The molecule has 1 nitrogen and oxygen atoms in total. The molecule has 0 bridgehead atoms. The Morgan fingerprint density at radius 3 is 2.67 bits per heavy atom. The number of nitrogens with two attached hydrogens (primary N) is 1. The van der Waals surface area contributed by atoms with E-state index in [2.05, 4.69) is 41.4 Å². The van der Waals surface area contributed by atoms with Crippen LogP contribution in [-0.2, 0) is 6.54 Å². The summed E-state index contributed by atoms with van der Waals surface area (Å²) in [5, 5.41) is 2.20. The maximum absolute atomic E-state index is 3.01. The van der Waals surface area contributed by atoms with Gasteiger partial charge in [-0.05, 0) is 12.8 Å². The van der Waals surface area contributed by atoms with E-state index < -0.39 is 0 Å². The Kier molecular flexibility index (Phi) is 3.97. The van der Waals surface area contributed by atoms with Crippen LogP contribution in [0.1, 0.15) is 12.5 Å². The van der Waals surface area contributed by atoms with Crippen molar-refractivity contribution < 1.29 is 5.32 Å². The molecule has 0 amide bonds. The van der Waals surface area contributed by atoms with Gasteiger partial charge in [0.1, 0.15) is 13.1 Å². The van der Waals surface area contributed by atoms with Gasteiger partial charge in [0.25, 0.3) is 0 Å². The minimum Gasteiger partial charge on any atom is -0.332 e. The molecule has 0 aromatic heterocycles. The second-order valence-corrected chi connectivity index (χ2v) is 2.61. The van der Waals surface area contributed by atoms with Crippen LogP contribution in [0.4, 0.5) is 0 Å². The summed E-state index contributed by atoms with van der Waals surface area (Å²) < 4.78 is 0. The lowest BCUT2D eigenvalue weighted by molar-refractivity contribution is -0.660. The van der Waals surface area contributed by atoms with Gasteiger partial charge in [-0.15, -0.1) is 5.92 Å². The molecule has 0 saturated carbocycles. The molecular formula is C11H14N+. The zero-order chi connectivity index (χ0) is 8.65. The summed E-state index contributed by atoms with van der Waals surface area (Å²) in [5.74, 6) is 5.89. The largest absolute Gasteiger partial charge is 0.332 e. The molecule has 0 fully saturated rings. The van der Waals surface area contributed by atoms with Crippen LogP contribution < -0.4 is 5.32 Å². The number of benzene rings is 1. The summed E-state index contributed by atoms with van der Waals surface area (Å²) in [6.07, 6.45) is 0. The minimum atomic E-state index is 0.894. The molecule has 1 heteroatoms. The highest BCUT2D eigenvalue weighted by Crippen LogP contribution is 1.93. The first-order chi connectivity index (χ1) is 5.93. The summed E-state index contributed by atoms with van der Waals surface area (Å²) in [5.41, 5.74) is 1.36. The summed E-state index contributed by atoms with van der Waals surface area (Å²) in [4.78, 5) is 0. The Balaban J connectivity index is 2.27. The van der Waals surface area contributed by atoms with Gasteiger partial charge >= 0.3 is 0 Å². The van der Waals surface area contributed by atoms with Crippen molar-refractivity contribution in [3.63, 3.8) is 0 Å². The lowest BCUT2D eigenvalue weighted by atomic mass is 10.2. The Morgan fingerprint density at radius 1 is 1.25 bits per heavy atom. The van der Waals surface area contributed by atoms with Gasteiger partial charge in [-0.3, -0.25) is 0 Å². The van der Waals surface area contributed by atoms with E-state index in [1.165, 1.54) is 5.56 Å². The maximum atomic E-state index is 3.01. The summed E-state index contributed by atoms with van der Waals surface area (Å²) in [7, 11) is 0. The molecule has 0 aliphatic carbocycles. The van der Waals surface area contributed by atoms with Crippen LogP contribution in [0.5, 0.6) is 0 Å². The molecule has 0 heterocycles. The van der Waals surface area contributed by atoms with Gasteiger partial charge in [-0.25, -0.2) is 0 Å². The fourth-order valence-electron chi connectivity index (χ4n) is 1.03. The van der Waals surface area contributed by atoms with Gasteiger partial charge in [0.15, 0.2) is 0 Å². The number of quaternary nitrogens is 1. The first-order valence-corrected chi connectivity index (χ1v) is 4.18. The molecule has 1 aromatic rings. The molecule has 62 valence electrons. The normalized spacial score (nSPS) is 8.75. The Bertz CT molecular complexity index is 266. The van der Waals surface area contributed by atoms with Crippen molar-refractivity contribution in [2.45, 2.75) is 13.5 Å². The van der Waals surface area contributed by atoms with Crippen molar-refractivity contribution in [2.24, 2.45) is 0 Å². The van der Waals surface area contributed by atoms with E-state index in [-0.39, 0.29) is 0 Å². The molecule has 0 atom stereocenters. The molecule has 0 radical (unpaired) electrons. The average Bonchev–Trinajstić information content (AvgIpc) is 2.14. The summed E-state index contributed by atoms with van der Waals surface area (Å²) >= 11 is 0. The van der Waals surface area contributed by atoms with E-state index in [0.717, 1.165) is 13.1 Å². The highest BCUT2D eigenvalue weighted by atomic mass is 14.8. The quantitative estimate of drug-likeness (QED) is 0.497. The molecule has 0 aliphatic heterocycles. The van der Waals surface area contributed by atoms with Crippen LogP contribution >= 0.6 is 0 Å². The molecule has 0 unspecified atom stereocenters. The van der Waals surface area contributed by atoms with Crippen molar-refractivity contribution in [1.82, 2.24) is 0 Å². The predicted molar refractivity (Wildman–Crippen MR) is 50.4 cm³/mol. The van der Waals surface area contributed by atoms with E-state index in [1.54, 1.807) is 0 Å². The Morgan fingerprint density at radius 2 is 2.00 bits per heavy atom. The van der Waals surface area contributed by atoms with Gasteiger partial charge in [-0.1, -0.05) is 30.3 Å². The van der Waals surface area contributed by atoms with Crippen molar-refractivity contribution >= 4 is 0 Å². The highest BCUT2D eigenvalue weighted by Gasteiger charge is 1.90. The lowest BCUT2D eigenvalue weighted by Gasteiger charge is -1.96. The van der Waals surface area contributed by atoms with Crippen LogP contribution in [0.3, 0.4) is 0 Å². The Labute approximate surface area is 73.8 Å². The molecule has 0 aliphatic rings. The van der Waals surface area contributed by atoms with E-state index >= 15 is 0 Å². The number of hydrogen-bond acceptors (Lipinski definition) is 0. The fourth-order valence-corrected chi connectivity index (χ4v) is 1.03. The topological polar surface area (TPSA) is 16.6 Å². The van der Waals surface area contributed by atoms with Gasteiger partial charge < -0.3 is 5.32 Å². The van der Waals surface area contributed by atoms with E-state index in [9.17, 15) is 0 Å². The fraction of sp³-hybridized carbons (Fsp3) is 0.273. The van der Waals surface area contributed by atoms with E-state index in [0.29, 0.717) is 0 Å². The van der Waals surface area contributed by atoms with Crippen molar-refractivity contribution in [1.29, 1.82) is 0 Å². The second-order valence-electron chi connectivity index (χ2n) is 2.61.